The first-order valence-corrected chi connectivity index (χ1v) is 12.1. The molecule has 2 atom stereocenters. The molecule has 2 aromatic heterocycles. The van der Waals surface area contributed by atoms with Crippen molar-refractivity contribution in [3.8, 4) is 16.1 Å². The Kier molecular flexibility index (Phi) is 4.82. The number of aromatic nitrogens is 2. The Labute approximate surface area is 195 Å². The zero-order chi connectivity index (χ0) is 21.8. The van der Waals surface area contributed by atoms with Crippen LogP contribution in [0, 0.1) is 5.92 Å². The molecule has 2 fully saturated rings. The highest BCUT2D eigenvalue weighted by Crippen LogP contribution is 2.35. The fourth-order valence-electron chi connectivity index (χ4n) is 5.15. The molecular weight excluding hydrogens is 440 g/mol. The van der Waals surface area contributed by atoms with Gasteiger partial charge in [-0.05, 0) is 67.4 Å². The summed E-state index contributed by atoms with van der Waals surface area (Å²) in [6.45, 7) is 3.43. The van der Waals surface area contributed by atoms with Crippen molar-refractivity contribution in [2.45, 2.75) is 12.5 Å². The quantitative estimate of drug-likeness (QED) is 0.434. The Balaban J connectivity index is 1.31. The molecule has 32 heavy (non-hydrogen) atoms. The first kappa shape index (κ1) is 20.0. The van der Waals surface area contributed by atoms with Gasteiger partial charge in [-0.2, -0.15) is 0 Å². The number of halogens is 1. The van der Waals surface area contributed by atoms with E-state index in [4.69, 9.17) is 11.6 Å². The predicted molar refractivity (Wildman–Crippen MR) is 132 cm³/mol. The average molecular weight is 463 g/mol. The Morgan fingerprint density at radius 2 is 1.78 bits per heavy atom. The zero-order valence-electron chi connectivity index (χ0n) is 17.7. The number of hydrogen-bond donors (Lipinski definition) is 0. The molecule has 6 rings (SSSR count). The number of thiophene rings is 1. The SMILES string of the molecule is CN1CC2CCN(c3ccc(-n4cnc5cc(-c6ccc(Cl)cc6)sc5c4=O)cc3)C2C1. The number of fused-ring (bicyclic) bond motifs is 2. The van der Waals surface area contributed by atoms with Crippen molar-refractivity contribution in [1.82, 2.24) is 14.5 Å². The molecule has 2 aliphatic rings. The molecule has 2 aromatic carbocycles. The van der Waals surface area contributed by atoms with Crippen LogP contribution in [-0.2, 0) is 0 Å². The minimum Gasteiger partial charge on any atom is -0.367 e. The molecule has 4 heterocycles. The van der Waals surface area contributed by atoms with Gasteiger partial charge in [-0.3, -0.25) is 9.36 Å². The lowest BCUT2D eigenvalue weighted by Gasteiger charge is -2.26. The molecule has 5 nitrogen and oxygen atoms in total. The number of benzene rings is 2. The van der Waals surface area contributed by atoms with Gasteiger partial charge in [0.25, 0.3) is 5.56 Å². The molecule has 7 heteroatoms. The summed E-state index contributed by atoms with van der Waals surface area (Å²) in [5.74, 6) is 0.766. The first-order chi connectivity index (χ1) is 15.6. The van der Waals surface area contributed by atoms with Gasteiger partial charge in [0.05, 0.1) is 11.2 Å². The minimum absolute atomic E-state index is 0.0355. The maximum absolute atomic E-state index is 13.3. The topological polar surface area (TPSA) is 41.4 Å². The van der Waals surface area contributed by atoms with Gasteiger partial charge in [0.1, 0.15) is 11.0 Å². The Morgan fingerprint density at radius 3 is 2.56 bits per heavy atom. The van der Waals surface area contributed by atoms with Gasteiger partial charge in [0.15, 0.2) is 0 Å². The number of nitrogens with zero attached hydrogens (tertiary/aromatic N) is 4. The molecule has 2 unspecified atom stereocenters. The number of likely N-dealkylation sites (tertiary alicyclic amines) is 1. The van der Waals surface area contributed by atoms with Crippen molar-refractivity contribution in [2.75, 3.05) is 31.6 Å². The Hall–Kier alpha value is -2.67. The molecule has 0 spiro atoms. The van der Waals surface area contributed by atoms with E-state index in [9.17, 15) is 4.79 Å². The van der Waals surface area contributed by atoms with Crippen molar-refractivity contribution in [2.24, 2.45) is 5.92 Å². The lowest BCUT2D eigenvalue weighted by Crippen LogP contribution is -2.34. The standard InChI is InChI=1S/C25H23ClN4OS/c1-28-13-17-10-11-29(22(17)14-28)19-6-8-20(9-7-19)30-15-27-21-12-23(32-24(21)25(30)31)16-2-4-18(26)5-3-16/h2-9,12,15,17,22H,10-11,13-14H2,1H3. The summed E-state index contributed by atoms with van der Waals surface area (Å²) < 4.78 is 2.31. The van der Waals surface area contributed by atoms with Crippen LogP contribution in [0.4, 0.5) is 5.69 Å². The summed E-state index contributed by atoms with van der Waals surface area (Å²) in [5.41, 5.74) is 3.81. The summed E-state index contributed by atoms with van der Waals surface area (Å²) in [4.78, 5) is 23.8. The van der Waals surface area contributed by atoms with E-state index in [0.717, 1.165) is 40.7 Å². The van der Waals surface area contributed by atoms with Gasteiger partial charge in [-0.25, -0.2) is 4.98 Å². The normalized spacial score (nSPS) is 20.9. The highest BCUT2D eigenvalue weighted by Gasteiger charge is 2.39. The first-order valence-electron chi connectivity index (χ1n) is 10.9. The molecule has 0 bridgehead atoms. The van der Waals surface area contributed by atoms with Gasteiger partial charge < -0.3 is 9.80 Å². The van der Waals surface area contributed by atoms with Crippen LogP contribution in [0.1, 0.15) is 6.42 Å². The van der Waals surface area contributed by atoms with Crippen LogP contribution in [0.2, 0.25) is 5.02 Å². The van der Waals surface area contributed by atoms with Gasteiger partial charge in [0, 0.05) is 41.3 Å². The maximum Gasteiger partial charge on any atom is 0.275 e. The predicted octanol–water partition coefficient (Wildman–Crippen LogP) is 4.91. The van der Waals surface area contributed by atoms with E-state index < -0.39 is 0 Å². The Morgan fingerprint density at radius 1 is 1.03 bits per heavy atom. The Bertz CT molecular complexity index is 1350. The van der Waals surface area contributed by atoms with Crippen molar-refractivity contribution >= 4 is 38.8 Å². The second-order valence-electron chi connectivity index (χ2n) is 8.80. The van der Waals surface area contributed by atoms with Crippen LogP contribution >= 0.6 is 22.9 Å². The third kappa shape index (κ3) is 3.34. The van der Waals surface area contributed by atoms with Crippen LogP contribution in [0.3, 0.4) is 0 Å². The van der Waals surface area contributed by atoms with Crippen molar-refractivity contribution in [3.05, 3.63) is 76.3 Å². The maximum atomic E-state index is 13.3. The van der Waals surface area contributed by atoms with Crippen molar-refractivity contribution in [3.63, 3.8) is 0 Å². The van der Waals surface area contributed by atoms with E-state index in [2.05, 4.69) is 34.0 Å². The molecule has 4 aromatic rings. The van der Waals surface area contributed by atoms with Crippen LogP contribution in [0.5, 0.6) is 0 Å². The number of likely N-dealkylation sites (N-methyl/N-ethyl adjacent to an activating group) is 1. The highest BCUT2D eigenvalue weighted by molar-refractivity contribution is 7.22. The summed E-state index contributed by atoms with van der Waals surface area (Å²) >= 11 is 7.48. The van der Waals surface area contributed by atoms with E-state index in [-0.39, 0.29) is 5.56 Å². The third-order valence-electron chi connectivity index (χ3n) is 6.76. The van der Waals surface area contributed by atoms with Crippen LogP contribution in [-0.4, -0.2) is 47.2 Å². The molecular formula is C25H23ClN4OS. The van der Waals surface area contributed by atoms with Crippen molar-refractivity contribution < 1.29 is 0 Å². The van der Waals surface area contributed by atoms with Crippen LogP contribution < -0.4 is 10.5 Å². The summed E-state index contributed by atoms with van der Waals surface area (Å²) in [6.07, 6.45) is 2.89. The van der Waals surface area contributed by atoms with E-state index in [0.29, 0.717) is 15.8 Å². The number of rotatable bonds is 3. The summed E-state index contributed by atoms with van der Waals surface area (Å²) in [5, 5.41) is 0.697. The summed E-state index contributed by atoms with van der Waals surface area (Å²) in [6, 6.07) is 18.6. The van der Waals surface area contributed by atoms with Gasteiger partial charge in [0.2, 0.25) is 0 Å². The fourth-order valence-corrected chi connectivity index (χ4v) is 6.32. The van der Waals surface area contributed by atoms with Crippen LogP contribution in [0.15, 0.2) is 65.7 Å². The number of anilines is 1. The summed E-state index contributed by atoms with van der Waals surface area (Å²) in [7, 11) is 2.21. The monoisotopic (exact) mass is 462 g/mol. The van der Waals surface area contributed by atoms with Crippen LogP contribution in [0.25, 0.3) is 26.3 Å². The molecule has 0 saturated carbocycles. The van der Waals surface area contributed by atoms with Crippen molar-refractivity contribution in [1.29, 1.82) is 0 Å². The molecule has 0 amide bonds. The van der Waals surface area contributed by atoms with E-state index in [1.54, 1.807) is 10.9 Å². The highest BCUT2D eigenvalue weighted by atomic mass is 35.5. The molecule has 2 saturated heterocycles. The van der Waals surface area contributed by atoms with E-state index >= 15 is 0 Å². The largest absolute Gasteiger partial charge is 0.367 e. The van der Waals surface area contributed by atoms with E-state index in [1.807, 2.05) is 42.5 Å². The zero-order valence-corrected chi connectivity index (χ0v) is 19.3. The third-order valence-corrected chi connectivity index (χ3v) is 8.17. The second kappa shape index (κ2) is 7.73. The fraction of sp³-hybridized carbons (Fsp3) is 0.280. The minimum atomic E-state index is -0.0355. The molecule has 2 aliphatic heterocycles. The lowest BCUT2D eigenvalue weighted by molar-refractivity contribution is 0.386. The lowest BCUT2D eigenvalue weighted by atomic mass is 10.0. The number of hydrogen-bond acceptors (Lipinski definition) is 5. The smallest absolute Gasteiger partial charge is 0.275 e. The van der Waals surface area contributed by atoms with Gasteiger partial charge in [-0.15, -0.1) is 11.3 Å². The van der Waals surface area contributed by atoms with Gasteiger partial charge in [-0.1, -0.05) is 23.7 Å². The second-order valence-corrected chi connectivity index (χ2v) is 10.3. The molecule has 162 valence electrons. The average Bonchev–Trinajstić information content (AvgIpc) is 3.49. The molecule has 0 radical (unpaired) electrons. The van der Waals surface area contributed by atoms with E-state index in [1.165, 1.54) is 30.0 Å². The van der Waals surface area contributed by atoms with Gasteiger partial charge >= 0.3 is 0 Å². The molecule has 0 N–H and O–H groups in total. The molecule has 0 aliphatic carbocycles.